The van der Waals surface area contributed by atoms with Crippen LogP contribution in [0.5, 0.6) is 0 Å². The average Bonchev–Trinajstić information content (AvgIpc) is 3.02. The monoisotopic (exact) mass is 452 g/mol. The van der Waals surface area contributed by atoms with Crippen molar-refractivity contribution in [2.24, 2.45) is 0 Å². The topological polar surface area (TPSA) is 85.2 Å². The molecular formula is C24H25ClN4O3. The van der Waals surface area contributed by atoms with Gasteiger partial charge in [-0.1, -0.05) is 41.4 Å². The van der Waals surface area contributed by atoms with Crippen molar-refractivity contribution >= 4 is 40.9 Å². The number of anilines is 2. The van der Waals surface area contributed by atoms with E-state index in [1.165, 1.54) is 18.7 Å². The first-order chi connectivity index (χ1) is 15.4. The molecule has 3 aromatic rings. The third-order valence-corrected chi connectivity index (χ3v) is 5.07. The third kappa shape index (κ3) is 6.29. The molecule has 0 radical (unpaired) electrons. The molecule has 0 spiro atoms. The van der Waals surface area contributed by atoms with Crippen LogP contribution >= 0.6 is 11.6 Å². The van der Waals surface area contributed by atoms with Gasteiger partial charge in [-0.15, -0.1) is 0 Å². The number of hydrogen-bond donors (Lipinski definition) is 2. The van der Waals surface area contributed by atoms with Gasteiger partial charge in [0.2, 0.25) is 11.8 Å². The molecule has 2 N–H and O–H groups in total. The molecule has 0 aliphatic heterocycles. The summed E-state index contributed by atoms with van der Waals surface area (Å²) in [6.45, 7) is 4.42. The number of aryl methyl sites for hydroxylation is 2. The van der Waals surface area contributed by atoms with E-state index in [0.717, 1.165) is 11.3 Å². The fourth-order valence-corrected chi connectivity index (χ4v) is 3.33. The molecule has 3 rings (SSSR count). The van der Waals surface area contributed by atoms with Crippen molar-refractivity contribution in [1.82, 2.24) is 9.78 Å². The largest absolute Gasteiger partial charge is 0.375 e. The van der Waals surface area contributed by atoms with Crippen LogP contribution in [0.25, 0.3) is 6.08 Å². The summed E-state index contributed by atoms with van der Waals surface area (Å²) in [6.07, 6.45) is 3.07. The van der Waals surface area contributed by atoms with Crippen LogP contribution in [0.1, 0.15) is 22.4 Å². The third-order valence-electron chi connectivity index (χ3n) is 4.68. The maximum atomic E-state index is 12.3. The van der Waals surface area contributed by atoms with Gasteiger partial charge in [0.05, 0.1) is 12.2 Å². The molecule has 0 saturated carbocycles. The van der Waals surface area contributed by atoms with Crippen LogP contribution in [-0.4, -0.2) is 35.3 Å². The number of nitrogens with one attached hydrogen (secondary N) is 2. The number of amides is 2. The van der Waals surface area contributed by atoms with E-state index in [-0.39, 0.29) is 18.4 Å². The first-order valence-electron chi connectivity index (χ1n) is 10.0. The van der Waals surface area contributed by atoms with Gasteiger partial charge in [0.15, 0.2) is 0 Å². The lowest BCUT2D eigenvalue weighted by Gasteiger charge is -2.06. The van der Waals surface area contributed by atoms with Gasteiger partial charge >= 0.3 is 0 Å². The first kappa shape index (κ1) is 23.2. The van der Waals surface area contributed by atoms with Gasteiger partial charge in [-0.05, 0) is 49.8 Å². The summed E-state index contributed by atoms with van der Waals surface area (Å²) < 4.78 is 6.49. The van der Waals surface area contributed by atoms with Gasteiger partial charge in [-0.25, -0.2) is 4.68 Å². The molecule has 1 aromatic heterocycles. The Labute approximate surface area is 192 Å². The van der Waals surface area contributed by atoms with Crippen LogP contribution in [0.4, 0.5) is 11.4 Å². The Balaban J connectivity index is 1.62. The number of nitrogens with zero attached hydrogens (tertiary/aromatic N) is 2. The molecule has 2 aromatic carbocycles. The van der Waals surface area contributed by atoms with Crippen LogP contribution in [0.2, 0.25) is 5.15 Å². The van der Waals surface area contributed by atoms with Crippen LogP contribution in [0.3, 0.4) is 0 Å². The number of carbonyl (C=O) groups is 2. The van der Waals surface area contributed by atoms with Crippen molar-refractivity contribution in [1.29, 1.82) is 0 Å². The maximum absolute atomic E-state index is 12.3. The number of halogens is 1. The predicted molar refractivity (Wildman–Crippen MR) is 127 cm³/mol. The Kier molecular flexibility index (Phi) is 7.81. The molecule has 0 fully saturated rings. The summed E-state index contributed by atoms with van der Waals surface area (Å²) in [5.74, 6) is -0.551. The molecule has 1 heterocycles. The van der Waals surface area contributed by atoms with Gasteiger partial charge < -0.3 is 15.4 Å². The second kappa shape index (κ2) is 10.7. The Bertz CT molecular complexity index is 1120. The Hall–Kier alpha value is -3.42. The van der Waals surface area contributed by atoms with Crippen LogP contribution in [-0.2, 0) is 20.9 Å². The summed E-state index contributed by atoms with van der Waals surface area (Å²) in [4.78, 5) is 23.9. The lowest BCUT2D eigenvalue weighted by molar-refractivity contribution is -0.119. The van der Waals surface area contributed by atoms with E-state index in [9.17, 15) is 9.59 Å². The highest BCUT2D eigenvalue weighted by Gasteiger charge is 2.12. The molecule has 0 saturated heterocycles. The lowest BCUT2D eigenvalue weighted by atomic mass is 10.1. The van der Waals surface area contributed by atoms with E-state index in [2.05, 4.69) is 15.7 Å². The van der Waals surface area contributed by atoms with Crippen LogP contribution in [0.15, 0.2) is 54.6 Å². The minimum atomic E-state index is -0.303. The number of hydrogen-bond acceptors (Lipinski definition) is 4. The zero-order valence-electron chi connectivity index (χ0n) is 18.2. The van der Waals surface area contributed by atoms with Crippen LogP contribution in [0, 0.1) is 13.8 Å². The molecule has 0 aliphatic carbocycles. The zero-order valence-corrected chi connectivity index (χ0v) is 18.9. The second-order valence-corrected chi connectivity index (χ2v) is 7.67. The Morgan fingerprint density at radius 3 is 2.28 bits per heavy atom. The highest BCUT2D eigenvalue weighted by Crippen LogP contribution is 2.22. The molecule has 32 heavy (non-hydrogen) atoms. The average molecular weight is 453 g/mol. The smallest absolute Gasteiger partial charge is 0.250 e. The molecule has 0 unspecified atom stereocenters. The summed E-state index contributed by atoms with van der Waals surface area (Å²) in [5, 5.41) is 10.4. The maximum Gasteiger partial charge on any atom is 0.250 e. The molecular weight excluding hydrogens is 428 g/mol. The number of rotatable bonds is 8. The van der Waals surface area contributed by atoms with Crippen molar-refractivity contribution in [3.8, 4) is 0 Å². The first-order valence-corrected chi connectivity index (χ1v) is 10.4. The molecule has 0 bridgehead atoms. The Morgan fingerprint density at radius 1 is 1.03 bits per heavy atom. The molecule has 8 heteroatoms. The standard InChI is InChI=1S/C24H25ClN4O3/c1-16-4-6-18(7-5-16)14-29-24(25)21(17(2)28-29)12-13-22(30)26-19-8-10-20(11-9-19)27-23(31)15-32-3/h4-13H,14-15H2,1-3H3,(H,26,30)(H,27,31)/b13-12+. The van der Waals surface area contributed by atoms with E-state index < -0.39 is 0 Å². The van der Waals surface area contributed by atoms with Crippen molar-refractivity contribution in [2.75, 3.05) is 24.4 Å². The lowest BCUT2D eigenvalue weighted by Crippen LogP contribution is -2.17. The number of ether oxygens (including phenoxy) is 1. The number of carbonyl (C=O) groups excluding carboxylic acids is 2. The van der Waals surface area contributed by atoms with Crippen molar-refractivity contribution in [2.45, 2.75) is 20.4 Å². The summed E-state index contributed by atoms with van der Waals surface area (Å²) in [7, 11) is 1.45. The molecule has 7 nitrogen and oxygen atoms in total. The van der Waals surface area contributed by atoms with Gasteiger partial charge in [0.25, 0.3) is 0 Å². The normalized spacial score (nSPS) is 11.0. The fraction of sp³-hybridized carbons (Fsp3) is 0.208. The van der Waals surface area contributed by atoms with Crippen molar-refractivity contribution in [3.05, 3.63) is 82.1 Å². The quantitative estimate of drug-likeness (QED) is 0.495. The Morgan fingerprint density at radius 2 is 1.66 bits per heavy atom. The van der Waals surface area contributed by atoms with Crippen molar-refractivity contribution in [3.63, 3.8) is 0 Å². The van der Waals surface area contributed by atoms with Crippen LogP contribution < -0.4 is 10.6 Å². The number of aromatic nitrogens is 2. The fourth-order valence-electron chi connectivity index (χ4n) is 3.04. The zero-order chi connectivity index (χ0) is 23.1. The molecule has 0 atom stereocenters. The van der Waals surface area contributed by atoms with Gasteiger partial charge in [0.1, 0.15) is 11.8 Å². The van der Waals surface area contributed by atoms with Gasteiger partial charge in [-0.3, -0.25) is 9.59 Å². The highest BCUT2D eigenvalue weighted by molar-refractivity contribution is 6.31. The van der Waals surface area contributed by atoms with E-state index >= 15 is 0 Å². The summed E-state index contributed by atoms with van der Waals surface area (Å²) in [6, 6.07) is 15.0. The SMILES string of the molecule is COCC(=O)Nc1ccc(NC(=O)/C=C/c2c(C)nn(Cc3ccc(C)cc3)c2Cl)cc1. The van der Waals surface area contributed by atoms with Gasteiger partial charge in [0, 0.05) is 30.1 Å². The number of benzene rings is 2. The molecule has 0 aliphatic rings. The van der Waals surface area contributed by atoms with Gasteiger partial charge in [-0.2, -0.15) is 5.10 Å². The summed E-state index contributed by atoms with van der Waals surface area (Å²) >= 11 is 6.51. The van der Waals surface area contributed by atoms with E-state index in [1.54, 1.807) is 35.0 Å². The van der Waals surface area contributed by atoms with Crippen molar-refractivity contribution < 1.29 is 14.3 Å². The van der Waals surface area contributed by atoms with E-state index in [4.69, 9.17) is 16.3 Å². The molecule has 2 amide bonds. The minimum Gasteiger partial charge on any atom is -0.375 e. The minimum absolute atomic E-state index is 0.0210. The van der Waals surface area contributed by atoms with E-state index in [0.29, 0.717) is 28.6 Å². The predicted octanol–water partition coefficient (Wildman–Crippen LogP) is 4.44. The molecule has 166 valence electrons. The second-order valence-electron chi connectivity index (χ2n) is 7.31. The summed E-state index contributed by atoms with van der Waals surface area (Å²) in [5.41, 5.74) is 4.94. The van der Waals surface area contributed by atoms with E-state index in [1.807, 2.05) is 38.1 Å². The highest BCUT2D eigenvalue weighted by atomic mass is 35.5. The number of methoxy groups -OCH3 is 1.